The van der Waals surface area contributed by atoms with E-state index in [4.69, 9.17) is 0 Å². The third kappa shape index (κ3) is 3.61. The van der Waals surface area contributed by atoms with Crippen LogP contribution in [0.3, 0.4) is 0 Å². The third-order valence-electron chi connectivity index (χ3n) is 4.27. The summed E-state index contributed by atoms with van der Waals surface area (Å²) in [7, 11) is 0. The van der Waals surface area contributed by atoms with Crippen LogP contribution in [0.15, 0.2) is 0 Å². The van der Waals surface area contributed by atoms with Gasteiger partial charge in [-0.3, -0.25) is 4.79 Å². The number of carbonyl (C=O) groups excluding carboxylic acids is 1. The first-order valence-corrected chi connectivity index (χ1v) is 6.93. The van der Waals surface area contributed by atoms with Crippen molar-refractivity contribution in [3.63, 3.8) is 0 Å². The highest BCUT2D eigenvalue weighted by Gasteiger charge is 2.40. The maximum Gasteiger partial charge on any atom is 0.389 e. The number of likely N-dealkylation sites (tertiary alicyclic amines) is 1. The normalized spacial score (nSPS) is 32.0. The molecule has 0 aromatic rings. The van der Waals surface area contributed by atoms with E-state index in [1.54, 1.807) is 4.90 Å². The molecule has 2 aliphatic rings. The molecular weight excluding hydrogens is 259 g/mol. The average Bonchev–Trinajstić information content (AvgIpc) is 2.92. The molecule has 0 aromatic carbocycles. The van der Waals surface area contributed by atoms with E-state index < -0.39 is 31.0 Å². The lowest BCUT2D eigenvalue weighted by Crippen LogP contribution is -2.42. The number of aliphatic hydroxyl groups excluding tert-OH is 1. The number of halogens is 3. The summed E-state index contributed by atoms with van der Waals surface area (Å²) in [6.07, 6.45) is -2.03. The van der Waals surface area contributed by atoms with Crippen LogP contribution in [0.2, 0.25) is 0 Å². The van der Waals surface area contributed by atoms with Crippen LogP contribution in [0.25, 0.3) is 0 Å². The van der Waals surface area contributed by atoms with E-state index in [2.05, 4.69) is 0 Å². The van der Waals surface area contributed by atoms with E-state index in [1.807, 2.05) is 0 Å². The van der Waals surface area contributed by atoms with Gasteiger partial charge in [0.2, 0.25) is 5.91 Å². The molecule has 1 N–H and O–H groups in total. The van der Waals surface area contributed by atoms with Crippen molar-refractivity contribution in [3.8, 4) is 0 Å². The maximum atomic E-state index is 12.2. The number of hydrogen-bond acceptors (Lipinski definition) is 2. The molecule has 3 atom stereocenters. The highest BCUT2D eigenvalue weighted by molar-refractivity contribution is 5.76. The van der Waals surface area contributed by atoms with Gasteiger partial charge in [-0.15, -0.1) is 0 Å². The zero-order valence-corrected chi connectivity index (χ0v) is 10.8. The second kappa shape index (κ2) is 5.69. The van der Waals surface area contributed by atoms with E-state index in [-0.39, 0.29) is 12.0 Å². The largest absolute Gasteiger partial charge is 0.393 e. The molecule has 1 aliphatic carbocycles. The number of nitrogens with zero attached hydrogens (tertiary/aromatic N) is 1. The van der Waals surface area contributed by atoms with Crippen molar-refractivity contribution in [2.24, 2.45) is 5.92 Å². The molecule has 0 bridgehead atoms. The van der Waals surface area contributed by atoms with Crippen LogP contribution in [-0.2, 0) is 4.79 Å². The number of amides is 1. The molecule has 1 saturated heterocycles. The summed E-state index contributed by atoms with van der Waals surface area (Å²) in [4.78, 5) is 13.5. The Kier molecular flexibility index (Phi) is 4.38. The Hall–Kier alpha value is -0.780. The fraction of sp³-hybridized carbons (Fsp3) is 0.923. The van der Waals surface area contributed by atoms with Gasteiger partial charge in [-0.05, 0) is 25.7 Å². The minimum atomic E-state index is -4.28. The fourth-order valence-electron chi connectivity index (χ4n) is 3.36. The summed E-state index contributed by atoms with van der Waals surface area (Å²) in [6, 6.07) is -0.0572. The lowest BCUT2D eigenvalue weighted by atomic mass is 9.94. The second-order valence-corrected chi connectivity index (χ2v) is 5.57. The molecule has 2 rings (SSSR count). The number of rotatable bonds is 3. The molecule has 2 fully saturated rings. The topological polar surface area (TPSA) is 40.5 Å². The Bertz CT molecular complexity index is 332. The molecule has 0 spiro atoms. The molecule has 110 valence electrons. The third-order valence-corrected chi connectivity index (χ3v) is 4.27. The van der Waals surface area contributed by atoms with E-state index >= 15 is 0 Å². The fourth-order valence-corrected chi connectivity index (χ4v) is 3.36. The number of alkyl halides is 3. The van der Waals surface area contributed by atoms with Gasteiger partial charge in [0.05, 0.1) is 12.5 Å². The standard InChI is InChI=1S/C13H20F3NO2/c14-13(15,16)7-6-12(19)17-8-2-4-10(17)9-3-1-5-11(9)18/h9-11,18H,1-8H2. The first-order valence-electron chi connectivity index (χ1n) is 6.93. The highest BCUT2D eigenvalue weighted by Crippen LogP contribution is 2.36. The van der Waals surface area contributed by atoms with Gasteiger partial charge >= 0.3 is 6.18 Å². The lowest BCUT2D eigenvalue weighted by molar-refractivity contribution is -0.150. The van der Waals surface area contributed by atoms with Gasteiger partial charge in [0.15, 0.2) is 0 Å². The van der Waals surface area contributed by atoms with Crippen molar-refractivity contribution in [2.75, 3.05) is 6.54 Å². The van der Waals surface area contributed by atoms with E-state index in [0.29, 0.717) is 6.54 Å². The smallest absolute Gasteiger partial charge is 0.389 e. The molecule has 0 aromatic heterocycles. The Labute approximate surface area is 110 Å². The van der Waals surface area contributed by atoms with Crippen LogP contribution in [0.4, 0.5) is 13.2 Å². The second-order valence-electron chi connectivity index (χ2n) is 5.57. The minimum absolute atomic E-state index is 0.0531. The van der Waals surface area contributed by atoms with Crippen LogP contribution in [0.5, 0.6) is 0 Å². The SMILES string of the molecule is O=C(CCC(F)(F)F)N1CCCC1C1CCCC1O. The molecule has 1 amide bonds. The molecule has 3 nitrogen and oxygen atoms in total. The van der Waals surface area contributed by atoms with Gasteiger partial charge < -0.3 is 10.0 Å². The Balaban J connectivity index is 1.92. The summed E-state index contributed by atoms with van der Waals surface area (Å²) in [6.45, 7) is 0.532. The molecule has 19 heavy (non-hydrogen) atoms. The maximum absolute atomic E-state index is 12.2. The Morgan fingerprint density at radius 2 is 1.95 bits per heavy atom. The van der Waals surface area contributed by atoms with Crippen LogP contribution in [0.1, 0.15) is 44.9 Å². The summed E-state index contributed by atoms with van der Waals surface area (Å²) < 4.78 is 36.5. The van der Waals surface area contributed by atoms with Crippen LogP contribution >= 0.6 is 0 Å². The Morgan fingerprint density at radius 3 is 2.53 bits per heavy atom. The number of carbonyl (C=O) groups is 1. The number of hydrogen-bond donors (Lipinski definition) is 1. The predicted molar refractivity (Wildman–Crippen MR) is 63.4 cm³/mol. The van der Waals surface area contributed by atoms with Gasteiger partial charge in [0, 0.05) is 24.9 Å². The van der Waals surface area contributed by atoms with Gasteiger partial charge in [-0.2, -0.15) is 13.2 Å². The van der Waals surface area contributed by atoms with Crippen molar-refractivity contribution in [1.29, 1.82) is 0 Å². The van der Waals surface area contributed by atoms with Crippen molar-refractivity contribution in [2.45, 2.75) is 63.3 Å². The molecule has 1 heterocycles. The molecule has 0 radical (unpaired) electrons. The number of aliphatic hydroxyl groups is 1. The summed E-state index contributed by atoms with van der Waals surface area (Å²) in [5.41, 5.74) is 0. The van der Waals surface area contributed by atoms with Crippen molar-refractivity contribution in [1.82, 2.24) is 4.90 Å². The predicted octanol–water partition coefficient (Wildman–Crippen LogP) is 2.48. The highest BCUT2D eigenvalue weighted by atomic mass is 19.4. The Morgan fingerprint density at radius 1 is 1.21 bits per heavy atom. The summed E-state index contributed by atoms with van der Waals surface area (Å²) >= 11 is 0. The van der Waals surface area contributed by atoms with Crippen LogP contribution < -0.4 is 0 Å². The van der Waals surface area contributed by atoms with Crippen molar-refractivity contribution >= 4 is 5.91 Å². The zero-order chi connectivity index (χ0) is 14.0. The monoisotopic (exact) mass is 279 g/mol. The molecule has 1 aliphatic heterocycles. The quantitative estimate of drug-likeness (QED) is 0.862. The zero-order valence-electron chi connectivity index (χ0n) is 10.8. The average molecular weight is 279 g/mol. The van der Waals surface area contributed by atoms with Gasteiger partial charge in [0.25, 0.3) is 0 Å². The van der Waals surface area contributed by atoms with Crippen molar-refractivity contribution in [3.05, 3.63) is 0 Å². The van der Waals surface area contributed by atoms with E-state index in [0.717, 1.165) is 32.1 Å². The molecule has 3 unspecified atom stereocenters. The van der Waals surface area contributed by atoms with Crippen LogP contribution in [-0.4, -0.2) is 40.8 Å². The van der Waals surface area contributed by atoms with Gasteiger partial charge in [0.1, 0.15) is 0 Å². The van der Waals surface area contributed by atoms with Crippen LogP contribution in [0, 0.1) is 5.92 Å². The minimum Gasteiger partial charge on any atom is -0.393 e. The lowest BCUT2D eigenvalue weighted by Gasteiger charge is -2.31. The summed E-state index contributed by atoms with van der Waals surface area (Å²) in [5, 5.41) is 9.89. The molecule has 6 heteroatoms. The first kappa shape index (κ1) is 14.6. The van der Waals surface area contributed by atoms with Gasteiger partial charge in [-0.25, -0.2) is 0 Å². The van der Waals surface area contributed by atoms with E-state index in [1.165, 1.54) is 0 Å². The molecular formula is C13H20F3NO2. The van der Waals surface area contributed by atoms with E-state index in [9.17, 15) is 23.1 Å². The summed E-state index contributed by atoms with van der Waals surface area (Å²) in [5.74, 6) is -0.365. The first-order chi connectivity index (χ1) is 8.88. The van der Waals surface area contributed by atoms with Gasteiger partial charge in [-0.1, -0.05) is 6.42 Å². The van der Waals surface area contributed by atoms with Crippen molar-refractivity contribution < 1.29 is 23.1 Å². The molecule has 1 saturated carbocycles.